The zero-order valence-corrected chi connectivity index (χ0v) is 5.97. The van der Waals surface area contributed by atoms with E-state index in [-0.39, 0.29) is 0 Å². The number of pyridine rings is 1. The summed E-state index contributed by atoms with van der Waals surface area (Å²) in [5.74, 6) is 0. The first-order chi connectivity index (χ1) is 4.97. The Bertz CT molecular complexity index is 272. The monoisotopic (exact) mass is 151 g/mol. The van der Waals surface area contributed by atoms with Crippen molar-refractivity contribution >= 4 is 18.1 Å². The Hall–Kier alpha value is -0.960. The molecule has 0 bridgehead atoms. The molecule has 10 heavy (non-hydrogen) atoms. The molecular weight excluding hydrogens is 146 g/mol. The van der Waals surface area contributed by atoms with Gasteiger partial charge >= 0.3 is 0 Å². The van der Waals surface area contributed by atoms with E-state index in [0.717, 1.165) is 10.6 Å². The van der Waals surface area contributed by atoms with E-state index in [2.05, 4.69) is 4.98 Å². The molecule has 0 atom stereocenters. The maximum Gasteiger partial charge on any atom is 0.104 e. The standard InChI is InChI=1S/C7H5NOS/c1-2-7-6(8-4-1)3-5-9-10-7/h1-5H. The van der Waals surface area contributed by atoms with E-state index in [4.69, 9.17) is 4.18 Å². The molecule has 1 aromatic rings. The van der Waals surface area contributed by atoms with E-state index in [1.807, 2.05) is 18.2 Å². The molecule has 1 aliphatic heterocycles. The Morgan fingerprint density at radius 1 is 1.50 bits per heavy atom. The van der Waals surface area contributed by atoms with Gasteiger partial charge in [0.2, 0.25) is 0 Å². The largest absolute Gasteiger partial charge is 0.428 e. The molecule has 0 radical (unpaired) electrons. The van der Waals surface area contributed by atoms with Gasteiger partial charge in [0.15, 0.2) is 0 Å². The first-order valence-corrected chi connectivity index (χ1v) is 3.66. The van der Waals surface area contributed by atoms with Gasteiger partial charge in [0.1, 0.15) is 6.26 Å². The van der Waals surface area contributed by atoms with Crippen LogP contribution in [0.2, 0.25) is 0 Å². The summed E-state index contributed by atoms with van der Waals surface area (Å²) in [7, 11) is 0. The fraction of sp³-hybridized carbons (Fsp3) is 0. The molecule has 0 aromatic carbocycles. The Kier molecular flexibility index (Phi) is 1.36. The van der Waals surface area contributed by atoms with E-state index in [1.165, 1.54) is 12.0 Å². The molecule has 3 heteroatoms. The summed E-state index contributed by atoms with van der Waals surface area (Å²) < 4.78 is 4.99. The van der Waals surface area contributed by atoms with E-state index < -0.39 is 0 Å². The van der Waals surface area contributed by atoms with Crippen LogP contribution in [0, 0.1) is 0 Å². The zero-order valence-electron chi connectivity index (χ0n) is 5.15. The second-order valence-corrected chi connectivity index (χ2v) is 2.67. The number of hydrogen-bond acceptors (Lipinski definition) is 3. The highest BCUT2D eigenvalue weighted by Crippen LogP contribution is 2.26. The SMILES string of the molecule is C1=Cc2ncccc2SO1. The minimum Gasteiger partial charge on any atom is -0.428 e. The second-order valence-electron chi connectivity index (χ2n) is 1.87. The fourth-order valence-corrected chi connectivity index (χ4v) is 1.33. The van der Waals surface area contributed by atoms with Crippen LogP contribution in [0.5, 0.6) is 0 Å². The minimum atomic E-state index is 0.985. The molecule has 2 rings (SSSR count). The Morgan fingerprint density at radius 3 is 3.40 bits per heavy atom. The van der Waals surface area contributed by atoms with Gasteiger partial charge in [0, 0.05) is 12.3 Å². The van der Waals surface area contributed by atoms with Gasteiger partial charge in [-0.2, -0.15) is 0 Å². The van der Waals surface area contributed by atoms with Crippen LogP contribution in [0.1, 0.15) is 5.69 Å². The van der Waals surface area contributed by atoms with Gasteiger partial charge in [-0.25, -0.2) is 0 Å². The Balaban J connectivity index is 2.54. The topological polar surface area (TPSA) is 22.1 Å². The number of aromatic nitrogens is 1. The molecule has 50 valence electrons. The highest BCUT2D eigenvalue weighted by molar-refractivity contribution is 7.94. The molecule has 2 nitrogen and oxygen atoms in total. The summed E-state index contributed by atoms with van der Waals surface area (Å²) in [4.78, 5) is 5.21. The molecule has 0 aliphatic carbocycles. The maximum absolute atomic E-state index is 4.99. The molecule has 0 saturated carbocycles. The molecule has 0 unspecified atom stereocenters. The van der Waals surface area contributed by atoms with Gasteiger partial charge < -0.3 is 4.18 Å². The van der Waals surface area contributed by atoms with Crippen LogP contribution in [-0.4, -0.2) is 4.98 Å². The summed E-state index contributed by atoms with van der Waals surface area (Å²) in [5, 5.41) is 0. The van der Waals surface area contributed by atoms with Crippen LogP contribution >= 0.6 is 12.0 Å². The molecule has 0 spiro atoms. The van der Waals surface area contributed by atoms with Crippen molar-refractivity contribution in [3.05, 3.63) is 30.3 Å². The first-order valence-electron chi connectivity index (χ1n) is 2.92. The third-order valence-corrected chi connectivity index (χ3v) is 1.95. The lowest BCUT2D eigenvalue weighted by molar-refractivity contribution is 0.565. The molecular formula is C7H5NOS. The Morgan fingerprint density at radius 2 is 2.50 bits per heavy atom. The van der Waals surface area contributed by atoms with Gasteiger partial charge in [0.25, 0.3) is 0 Å². The van der Waals surface area contributed by atoms with Crippen molar-refractivity contribution in [3.63, 3.8) is 0 Å². The molecule has 1 aliphatic rings. The lowest BCUT2D eigenvalue weighted by Crippen LogP contribution is -1.87. The maximum atomic E-state index is 4.99. The van der Waals surface area contributed by atoms with E-state index in [0.29, 0.717) is 0 Å². The molecule has 0 N–H and O–H groups in total. The molecule has 2 heterocycles. The highest BCUT2D eigenvalue weighted by atomic mass is 32.2. The fourth-order valence-electron chi connectivity index (χ4n) is 0.770. The van der Waals surface area contributed by atoms with E-state index in [1.54, 1.807) is 12.5 Å². The van der Waals surface area contributed by atoms with E-state index >= 15 is 0 Å². The van der Waals surface area contributed by atoms with Crippen LogP contribution in [0.25, 0.3) is 6.08 Å². The van der Waals surface area contributed by atoms with Crippen molar-refractivity contribution in [1.82, 2.24) is 4.98 Å². The van der Waals surface area contributed by atoms with Crippen LogP contribution < -0.4 is 0 Å². The smallest absolute Gasteiger partial charge is 0.104 e. The van der Waals surface area contributed by atoms with Gasteiger partial charge in [-0.15, -0.1) is 0 Å². The van der Waals surface area contributed by atoms with Crippen molar-refractivity contribution in [3.8, 4) is 0 Å². The van der Waals surface area contributed by atoms with Crippen molar-refractivity contribution in [2.24, 2.45) is 0 Å². The predicted molar refractivity (Wildman–Crippen MR) is 40.2 cm³/mol. The predicted octanol–water partition coefficient (Wildman–Crippen LogP) is 2.09. The lowest BCUT2D eigenvalue weighted by atomic mass is 10.3. The van der Waals surface area contributed by atoms with Crippen molar-refractivity contribution < 1.29 is 4.18 Å². The van der Waals surface area contributed by atoms with Gasteiger partial charge in [-0.05, 0) is 12.1 Å². The number of rotatable bonds is 0. The van der Waals surface area contributed by atoms with Crippen molar-refractivity contribution in [2.45, 2.75) is 4.90 Å². The van der Waals surface area contributed by atoms with Crippen LogP contribution in [0.3, 0.4) is 0 Å². The van der Waals surface area contributed by atoms with Crippen molar-refractivity contribution in [2.75, 3.05) is 0 Å². The molecule has 0 saturated heterocycles. The molecule has 0 fully saturated rings. The second kappa shape index (κ2) is 2.34. The summed E-state index contributed by atoms with van der Waals surface area (Å²) in [6, 6.07) is 3.88. The zero-order chi connectivity index (χ0) is 6.81. The average molecular weight is 151 g/mol. The summed E-state index contributed by atoms with van der Waals surface area (Å²) >= 11 is 1.34. The van der Waals surface area contributed by atoms with Crippen LogP contribution in [0.15, 0.2) is 29.5 Å². The van der Waals surface area contributed by atoms with E-state index in [9.17, 15) is 0 Å². The third kappa shape index (κ3) is 0.885. The summed E-state index contributed by atoms with van der Waals surface area (Å²) in [6.07, 6.45) is 5.26. The van der Waals surface area contributed by atoms with Crippen LogP contribution in [-0.2, 0) is 4.18 Å². The number of fused-ring (bicyclic) bond motifs is 1. The van der Waals surface area contributed by atoms with Gasteiger partial charge in [-0.1, -0.05) is 0 Å². The summed E-state index contributed by atoms with van der Waals surface area (Å²) in [6.45, 7) is 0. The van der Waals surface area contributed by atoms with Crippen LogP contribution in [0.4, 0.5) is 0 Å². The van der Waals surface area contributed by atoms with Gasteiger partial charge in [-0.3, -0.25) is 4.98 Å². The molecule has 1 aromatic heterocycles. The average Bonchev–Trinajstić information content (AvgIpc) is 2.05. The molecule has 0 amide bonds. The number of hydrogen-bond donors (Lipinski definition) is 0. The third-order valence-electron chi connectivity index (χ3n) is 1.22. The number of nitrogens with zero attached hydrogens (tertiary/aromatic N) is 1. The first kappa shape index (κ1) is 5.80. The van der Waals surface area contributed by atoms with Gasteiger partial charge in [0.05, 0.1) is 22.6 Å². The minimum absolute atomic E-state index is 0.985. The van der Waals surface area contributed by atoms with Crippen molar-refractivity contribution in [1.29, 1.82) is 0 Å². The highest BCUT2D eigenvalue weighted by Gasteiger charge is 2.04. The normalized spacial score (nSPS) is 14.0. The Labute approximate surface area is 63.1 Å². The lowest BCUT2D eigenvalue weighted by Gasteiger charge is -2.06. The quantitative estimate of drug-likeness (QED) is 0.530. The summed E-state index contributed by atoms with van der Waals surface area (Å²) in [5.41, 5.74) is 0.985.